The SMILES string of the molecule is COc1cccc(N(C)Cc2cscn2)c1[C@@H](C)O. The summed E-state index contributed by atoms with van der Waals surface area (Å²) in [5, 5.41) is 12.0. The normalized spacial score (nSPS) is 12.2. The van der Waals surface area contributed by atoms with E-state index in [-0.39, 0.29) is 0 Å². The van der Waals surface area contributed by atoms with Crippen LogP contribution in [-0.2, 0) is 6.54 Å². The number of aliphatic hydroxyl groups is 1. The van der Waals surface area contributed by atoms with Crippen molar-refractivity contribution in [2.24, 2.45) is 0 Å². The zero-order chi connectivity index (χ0) is 13.8. The van der Waals surface area contributed by atoms with Gasteiger partial charge in [-0.3, -0.25) is 0 Å². The number of aromatic nitrogens is 1. The molecular formula is C14H18N2O2S. The lowest BCUT2D eigenvalue weighted by Gasteiger charge is -2.24. The number of hydrogen-bond donors (Lipinski definition) is 1. The lowest BCUT2D eigenvalue weighted by molar-refractivity contribution is 0.194. The van der Waals surface area contributed by atoms with E-state index in [9.17, 15) is 5.11 Å². The Morgan fingerprint density at radius 3 is 2.84 bits per heavy atom. The van der Waals surface area contributed by atoms with Crippen LogP contribution >= 0.6 is 11.3 Å². The monoisotopic (exact) mass is 278 g/mol. The first-order valence-electron chi connectivity index (χ1n) is 6.06. The second kappa shape index (κ2) is 6.04. The van der Waals surface area contributed by atoms with Crippen LogP contribution in [0.25, 0.3) is 0 Å². The molecule has 0 saturated heterocycles. The van der Waals surface area contributed by atoms with Gasteiger partial charge in [-0.25, -0.2) is 4.98 Å². The van der Waals surface area contributed by atoms with Crippen LogP contribution in [0.15, 0.2) is 29.1 Å². The quantitative estimate of drug-likeness (QED) is 0.913. The molecule has 0 unspecified atom stereocenters. The molecule has 5 heteroatoms. The summed E-state index contributed by atoms with van der Waals surface area (Å²) in [4.78, 5) is 6.35. The molecule has 0 saturated carbocycles. The van der Waals surface area contributed by atoms with Crippen molar-refractivity contribution >= 4 is 17.0 Å². The fourth-order valence-electron chi connectivity index (χ4n) is 2.11. The van der Waals surface area contributed by atoms with Gasteiger partial charge in [0.15, 0.2) is 0 Å². The van der Waals surface area contributed by atoms with Gasteiger partial charge in [0.2, 0.25) is 0 Å². The smallest absolute Gasteiger partial charge is 0.126 e. The minimum absolute atomic E-state index is 0.580. The van der Waals surface area contributed by atoms with Crippen LogP contribution in [0.1, 0.15) is 24.3 Å². The Kier molecular flexibility index (Phi) is 4.39. The molecule has 0 fully saturated rings. The van der Waals surface area contributed by atoms with Gasteiger partial charge in [-0.1, -0.05) is 6.07 Å². The van der Waals surface area contributed by atoms with Crippen LogP contribution in [0.2, 0.25) is 0 Å². The first-order valence-corrected chi connectivity index (χ1v) is 7.01. The Bertz CT molecular complexity index is 526. The van der Waals surface area contributed by atoms with Crippen LogP contribution in [-0.4, -0.2) is 24.2 Å². The standard InChI is InChI=1S/C14H18N2O2S/c1-10(17)14-12(5-4-6-13(14)18-3)16(2)7-11-8-19-9-15-11/h4-6,8-10,17H,7H2,1-3H3/t10-/m1/s1. The van der Waals surface area contributed by atoms with E-state index in [1.807, 2.05) is 36.1 Å². The highest BCUT2D eigenvalue weighted by molar-refractivity contribution is 7.07. The maximum absolute atomic E-state index is 9.97. The van der Waals surface area contributed by atoms with Crippen molar-refractivity contribution in [2.75, 3.05) is 19.1 Å². The van der Waals surface area contributed by atoms with Gasteiger partial charge in [-0.2, -0.15) is 0 Å². The number of nitrogens with zero attached hydrogens (tertiary/aromatic N) is 2. The fraction of sp³-hybridized carbons (Fsp3) is 0.357. The highest BCUT2D eigenvalue weighted by atomic mass is 32.1. The van der Waals surface area contributed by atoms with Gasteiger partial charge in [0.05, 0.1) is 31.0 Å². The molecule has 19 heavy (non-hydrogen) atoms. The number of anilines is 1. The van der Waals surface area contributed by atoms with Crippen molar-refractivity contribution in [3.63, 3.8) is 0 Å². The number of aliphatic hydroxyl groups excluding tert-OH is 1. The molecule has 0 spiro atoms. The van der Waals surface area contributed by atoms with Gasteiger partial charge in [-0.15, -0.1) is 11.3 Å². The highest BCUT2D eigenvalue weighted by Gasteiger charge is 2.17. The number of hydrogen-bond acceptors (Lipinski definition) is 5. The molecular weight excluding hydrogens is 260 g/mol. The third-order valence-corrected chi connectivity index (χ3v) is 3.61. The fourth-order valence-corrected chi connectivity index (χ4v) is 2.66. The van der Waals surface area contributed by atoms with Crippen LogP contribution in [0.3, 0.4) is 0 Å². The molecule has 1 atom stereocenters. The zero-order valence-electron chi connectivity index (χ0n) is 11.3. The summed E-state index contributed by atoms with van der Waals surface area (Å²) in [6, 6.07) is 5.77. The topological polar surface area (TPSA) is 45.6 Å². The molecule has 4 nitrogen and oxygen atoms in total. The first-order chi connectivity index (χ1) is 9.13. The number of rotatable bonds is 5. The zero-order valence-corrected chi connectivity index (χ0v) is 12.1. The van der Waals surface area contributed by atoms with E-state index in [0.29, 0.717) is 12.3 Å². The maximum Gasteiger partial charge on any atom is 0.126 e. The van der Waals surface area contributed by atoms with Gasteiger partial charge in [0, 0.05) is 23.7 Å². The highest BCUT2D eigenvalue weighted by Crippen LogP contribution is 2.34. The molecule has 2 rings (SSSR count). The number of thiazole rings is 1. The molecule has 1 heterocycles. The van der Waals surface area contributed by atoms with Crippen molar-refractivity contribution in [2.45, 2.75) is 19.6 Å². The predicted octanol–water partition coefficient (Wildman–Crippen LogP) is 2.84. The summed E-state index contributed by atoms with van der Waals surface area (Å²) >= 11 is 1.58. The summed E-state index contributed by atoms with van der Waals surface area (Å²) in [6.07, 6.45) is -0.580. The molecule has 0 aliphatic carbocycles. The Hall–Kier alpha value is -1.59. The van der Waals surface area contributed by atoms with Gasteiger partial charge >= 0.3 is 0 Å². The van der Waals surface area contributed by atoms with Crippen molar-refractivity contribution in [3.05, 3.63) is 40.3 Å². The Balaban J connectivity index is 2.32. The Morgan fingerprint density at radius 1 is 1.47 bits per heavy atom. The van der Waals surface area contributed by atoms with E-state index in [0.717, 1.165) is 16.9 Å². The van der Waals surface area contributed by atoms with E-state index in [2.05, 4.69) is 9.88 Å². The van der Waals surface area contributed by atoms with Gasteiger partial charge in [-0.05, 0) is 19.1 Å². The van der Waals surface area contributed by atoms with Crippen LogP contribution in [0, 0.1) is 0 Å². The summed E-state index contributed by atoms with van der Waals surface area (Å²) in [7, 11) is 3.60. The molecule has 0 aliphatic rings. The summed E-state index contributed by atoms with van der Waals surface area (Å²) in [5.41, 5.74) is 4.61. The number of methoxy groups -OCH3 is 1. The van der Waals surface area contributed by atoms with Crippen LogP contribution in [0.5, 0.6) is 5.75 Å². The van der Waals surface area contributed by atoms with Gasteiger partial charge in [0.1, 0.15) is 5.75 Å². The van der Waals surface area contributed by atoms with Crippen molar-refractivity contribution < 1.29 is 9.84 Å². The van der Waals surface area contributed by atoms with Crippen LogP contribution in [0.4, 0.5) is 5.69 Å². The van der Waals surface area contributed by atoms with Crippen molar-refractivity contribution in [1.82, 2.24) is 4.98 Å². The lowest BCUT2D eigenvalue weighted by atomic mass is 10.1. The Morgan fingerprint density at radius 2 is 2.26 bits per heavy atom. The van der Waals surface area contributed by atoms with Crippen molar-refractivity contribution in [1.29, 1.82) is 0 Å². The van der Waals surface area contributed by atoms with E-state index < -0.39 is 6.10 Å². The molecule has 0 radical (unpaired) electrons. The molecule has 2 aromatic rings. The minimum atomic E-state index is -0.580. The average Bonchev–Trinajstić information content (AvgIpc) is 2.90. The summed E-state index contributed by atoms with van der Waals surface area (Å²) in [6.45, 7) is 2.45. The maximum atomic E-state index is 9.97. The summed E-state index contributed by atoms with van der Waals surface area (Å²) in [5.74, 6) is 0.706. The predicted molar refractivity (Wildman–Crippen MR) is 77.8 cm³/mol. The Labute approximate surface area is 117 Å². The average molecular weight is 278 g/mol. The molecule has 102 valence electrons. The van der Waals surface area contributed by atoms with Gasteiger partial charge < -0.3 is 14.7 Å². The number of benzene rings is 1. The van der Waals surface area contributed by atoms with E-state index in [1.54, 1.807) is 25.4 Å². The molecule has 1 aromatic heterocycles. The first kappa shape index (κ1) is 13.8. The molecule has 1 N–H and O–H groups in total. The second-order valence-electron chi connectivity index (χ2n) is 4.40. The molecule has 0 bridgehead atoms. The van der Waals surface area contributed by atoms with Crippen LogP contribution < -0.4 is 9.64 Å². The number of ether oxygens (including phenoxy) is 1. The van der Waals surface area contributed by atoms with Gasteiger partial charge in [0.25, 0.3) is 0 Å². The largest absolute Gasteiger partial charge is 0.496 e. The third-order valence-electron chi connectivity index (χ3n) is 2.97. The molecule has 1 aromatic carbocycles. The minimum Gasteiger partial charge on any atom is -0.496 e. The molecule has 0 amide bonds. The van der Waals surface area contributed by atoms with E-state index in [4.69, 9.17) is 4.74 Å². The van der Waals surface area contributed by atoms with E-state index in [1.165, 1.54) is 0 Å². The lowest BCUT2D eigenvalue weighted by Crippen LogP contribution is -2.19. The molecule has 0 aliphatic heterocycles. The van der Waals surface area contributed by atoms with E-state index >= 15 is 0 Å². The third kappa shape index (κ3) is 3.05. The summed E-state index contributed by atoms with van der Waals surface area (Å²) < 4.78 is 5.33. The second-order valence-corrected chi connectivity index (χ2v) is 5.12. The van der Waals surface area contributed by atoms with Crippen molar-refractivity contribution in [3.8, 4) is 5.75 Å².